The van der Waals surface area contributed by atoms with E-state index in [4.69, 9.17) is 5.11 Å². The number of piperidine rings is 1. The Kier molecular flexibility index (Phi) is 5.05. The van der Waals surface area contributed by atoms with Crippen LogP contribution in [0.15, 0.2) is 0 Å². The highest BCUT2D eigenvalue weighted by atomic mass is 16.3. The third-order valence-electron chi connectivity index (χ3n) is 3.34. The lowest BCUT2D eigenvalue weighted by Gasteiger charge is -2.35. The third-order valence-corrected chi connectivity index (χ3v) is 3.34. The van der Waals surface area contributed by atoms with Crippen LogP contribution >= 0.6 is 0 Å². The van der Waals surface area contributed by atoms with Crippen molar-refractivity contribution in [2.75, 3.05) is 26.2 Å². The minimum atomic E-state index is -0.166. The Labute approximate surface area is 91.4 Å². The molecule has 0 radical (unpaired) electrons. The SMILES string of the molecule is CCC1(C(=O)NCCCO)CCNCC1. The van der Waals surface area contributed by atoms with E-state index in [2.05, 4.69) is 17.6 Å². The van der Waals surface area contributed by atoms with E-state index in [0.717, 1.165) is 32.4 Å². The number of carbonyl (C=O) groups excluding carboxylic acids is 1. The summed E-state index contributed by atoms with van der Waals surface area (Å²) in [5.41, 5.74) is -0.166. The second-order valence-electron chi connectivity index (χ2n) is 4.22. The highest BCUT2D eigenvalue weighted by Crippen LogP contribution is 2.32. The topological polar surface area (TPSA) is 61.4 Å². The zero-order valence-electron chi connectivity index (χ0n) is 9.51. The number of hydrogen-bond acceptors (Lipinski definition) is 3. The Morgan fingerprint density at radius 3 is 2.67 bits per heavy atom. The van der Waals surface area contributed by atoms with Gasteiger partial charge >= 0.3 is 0 Å². The second-order valence-corrected chi connectivity index (χ2v) is 4.22. The van der Waals surface area contributed by atoms with Crippen LogP contribution in [0.25, 0.3) is 0 Å². The Hall–Kier alpha value is -0.610. The molecule has 0 aromatic heterocycles. The van der Waals surface area contributed by atoms with Crippen molar-refractivity contribution < 1.29 is 9.90 Å². The van der Waals surface area contributed by atoms with E-state index >= 15 is 0 Å². The van der Waals surface area contributed by atoms with Gasteiger partial charge in [-0.1, -0.05) is 6.92 Å². The van der Waals surface area contributed by atoms with Gasteiger partial charge in [0.1, 0.15) is 0 Å². The molecule has 0 atom stereocenters. The van der Waals surface area contributed by atoms with Crippen molar-refractivity contribution in [3.63, 3.8) is 0 Å². The summed E-state index contributed by atoms with van der Waals surface area (Å²) in [4.78, 5) is 12.0. The lowest BCUT2D eigenvalue weighted by atomic mass is 9.76. The first-order valence-electron chi connectivity index (χ1n) is 5.85. The molecule has 0 spiro atoms. The summed E-state index contributed by atoms with van der Waals surface area (Å²) in [5.74, 6) is 0.167. The summed E-state index contributed by atoms with van der Waals surface area (Å²) >= 11 is 0. The molecule has 0 saturated carbocycles. The van der Waals surface area contributed by atoms with Crippen LogP contribution in [0.2, 0.25) is 0 Å². The van der Waals surface area contributed by atoms with E-state index in [-0.39, 0.29) is 17.9 Å². The summed E-state index contributed by atoms with van der Waals surface area (Å²) in [7, 11) is 0. The summed E-state index contributed by atoms with van der Waals surface area (Å²) in [6.07, 6.45) is 3.40. The van der Waals surface area contributed by atoms with E-state index in [9.17, 15) is 4.79 Å². The van der Waals surface area contributed by atoms with Crippen molar-refractivity contribution in [1.29, 1.82) is 0 Å². The summed E-state index contributed by atoms with van der Waals surface area (Å²) < 4.78 is 0. The van der Waals surface area contributed by atoms with E-state index < -0.39 is 0 Å². The van der Waals surface area contributed by atoms with Crippen LogP contribution in [0.1, 0.15) is 32.6 Å². The van der Waals surface area contributed by atoms with Crippen molar-refractivity contribution in [3.05, 3.63) is 0 Å². The molecule has 1 saturated heterocycles. The molecule has 1 heterocycles. The van der Waals surface area contributed by atoms with Gasteiger partial charge in [0.15, 0.2) is 0 Å². The van der Waals surface area contributed by atoms with Gasteiger partial charge in [0.2, 0.25) is 5.91 Å². The van der Waals surface area contributed by atoms with Gasteiger partial charge in [0.05, 0.1) is 5.41 Å². The van der Waals surface area contributed by atoms with Gasteiger partial charge in [-0.3, -0.25) is 4.79 Å². The van der Waals surface area contributed by atoms with Crippen molar-refractivity contribution in [1.82, 2.24) is 10.6 Å². The van der Waals surface area contributed by atoms with E-state index in [1.807, 2.05) is 0 Å². The Bertz CT molecular complexity index is 201. The predicted octanol–water partition coefficient (Wildman–Crippen LogP) is 0.265. The van der Waals surface area contributed by atoms with E-state index in [0.29, 0.717) is 13.0 Å². The summed E-state index contributed by atoms with van der Waals surface area (Å²) in [5, 5.41) is 14.8. The fourth-order valence-corrected chi connectivity index (χ4v) is 2.11. The molecule has 0 unspecified atom stereocenters. The molecule has 1 fully saturated rings. The third kappa shape index (κ3) is 3.18. The number of aliphatic hydroxyl groups excluding tert-OH is 1. The highest BCUT2D eigenvalue weighted by Gasteiger charge is 2.37. The number of nitrogens with one attached hydrogen (secondary N) is 2. The summed E-state index contributed by atoms with van der Waals surface area (Å²) in [6.45, 7) is 4.67. The first kappa shape index (κ1) is 12.5. The number of aliphatic hydroxyl groups is 1. The monoisotopic (exact) mass is 214 g/mol. The van der Waals surface area contributed by atoms with Gasteiger partial charge in [-0.25, -0.2) is 0 Å². The maximum Gasteiger partial charge on any atom is 0.226 e. The van der Waals surface area contributed by atoms with E-state index in [1.165, 1.54) is 0 Å². The van der Waals surface area contributed by atoms with Crippen LogP contribution in [-0.4, -0.2) is 37.3 Å². The van der Waals surface area contributed by atoms with Crippen LogP contribution in [-0.2, 0) is 4.79 Å². The molecule has 15 heavy (non-hydrogen) atoms. The molecule has 4 nitrogen and oxygen atoms in total. The second kappa shape index (κ2) is 6.08. The number of amides is 1. The van der Waals surface area contributed by atoms with Gasteiger partial charge in [0, 0.05) is 13.2 Å². The van der Waals surface area contributed by atoms with Crippen LogP contribution in [0.3, 0.4) is 0 Å². The quantitative estimate of drug-likeness (QED) is 0.575. The number of rotatable bonds is 5. The lowest BCUT2D eigenvalue weighted by Crippen LogP contribution is -2.47. The molecule has 1 aliphatic heterocycles. The first-order chi connectivity index (χ1) is 7.25. The predicted molar refractivity (Wildman–Crippen MR) is 59.5 cm³/mol. The lowest BCUT2D eigenvalue weighted by molar-refractivity contribution is -0.132. The smallest absolute Gasteiger partial charge is 0.226 e. The zero-order chi connectivity index (χ0) is 11.1. The molecule has 4 heteroatoms. The molecule has 3 N–H and O–H groups in total. The molecule has 0 aliphatic carbocycles. The number of carbonyl (C=O) groups is 1. The van der Waals surface area contributed by atoms with Gasteiger partial charge in [-0.2, -0.15) is 0 Å². The molecular formula is C11H22N2O2. The first-order valence-corrected chi connectivity index (χ1v) is 5.85. The average Bonchev–Trinajstić information content (AvgIpc) is 2.30. The van der Waals surface area contributed by atoms with Crippen LogP contribution in [0.4, 0.5) is 0 Å². The van der Waals surface area contributed by atoms with Gasteiger partial charge in [-0.05, 0) is 38.8 Å². The minimum absolute atomic E-state index is 0.140. The Morgan fingerprint density at radius 1 is 1.47 bits per heavy atom. The Morgan fingerprint density at radius 2 is 2.13 bits per heavy atom. The normalized spacial score (nSPS) is 19.9. The van der Waals surface area contributed by atoms with Crippen molar-refractivity contribution in [3.8, 4) is 0 Å². The standard InChI is InChI=1S/C11H22N2O2/c1-2-11(4-7-12-8-5-11)10(15)13-6-3-9-14/h12,14H,2-9H2,1H3,(H,13,15). The van der Waals surface area contributed by atoms with Gasteiger partial charge < -0.3 is 15.7 Å². The average molecular weight is 214 g/mol. The summed E-state index contributed by atoms with van der Waals surface area (Å²) in [6, 6.07) is 0. The molecular weight excluding hydrogens is 192 g/mol. The number of hydrogen-bond donors (Lipinski definition) is 3. The van der Waals surface area contributed by atoms with Crippen LogP contribution in [0, 0.1) is 5.41 Å². The molecule has 88 valence electrons. The minimum Gasteiger partial charge on any atom is -0.396 e. The fraction of sp³-hybridized carbons (Fsp3) is 0.909. The molecule has 1 amide bonds. The van der Waals surface area contributed by atoms with Crippen molar-refractivity contribution >= 4 is 5.91 Å². The zero-order valence-corrected chi connectivity index (χ0v) is 9.51. The maximum atomic E-state index is 12.0. The molecule has 0 aromatic rings. The Balaban J connectivity index is 2.45. The maximum absolute atomic E-state index is 12.0. The van der Waals surface area contributed by atoms with Gasteiger partial charge in [-0.15, -0.1) is 0 Å². The van der Waals surface area contributed by atoms with Gasteiger partial charge in [0.25, 0.3) is 0 Å². The van der Waals surface area contributed by atoms with Crippen molar-refractivity contribution in [2.24, 2.45) is 5.41 Å². The highest BCUT2D eigenvalue weighted by molar-refractivity contribution is 5.82. The molecule has 0 bridgehead atoms. The molecule has 1 aliphatic rings. The largest absolute Gasteiger partial charge is 0.396 e. The van der Waals surface area contributed by atoms with Crippen LogP contribution < -0.4 is 10.6 Å². The van der Waals surface area contributed by atoms with E-state index in [1.54, 1.807) is 0 Å². The van der Waals surface area contributed by atoms with Crippen molar-refractivity contribution in [2.45, 2.75) is 32.6 Å². The fourth-order valence-electron chi connectivity index (χ4n) is 2.11. The molecule has 1 rings (SSSR count). The van der Waals surface area contributed by atoms with Crippen LogP contribution in [0.5, 0.6) is 0 Å². The molecule has 0 aromatic carbocycles.